The van der Waals surface area contributed by atoms with Gasteiger partial charge in [-0.2, -0.15) is 0 Å². The van der Waals surface area contributed by atoms with Gasteiger partial charge in [-0.1, -0.05) is 32.8 Å². The number of ketones is 3. The topological polar surface area (TPSA) is 158 Å². The van der Waals surface area contributed by atoms with Gasteiger partial charge >= 0.3 is 0 Å². The van der Waals surface area contributed by atoms with E-state index in [2.05, 4.69) is 13.8 Å². The number of benzene rings is 1. The summed E-state index contributed by atoms with van der Waals surface area (Å²) in [4.78, 5) is 54.7. The van der Waals surface area contributed by atoms with Gasteiger partial charge < -0.3 is 26.0 Å². The van der Waals surface area contributed by atoms with Crippen molar-refractivity contribution in [1.82, 2.24) is 4.90 Å². The summed E-state index contributed by atoms with van der Waals surface area (Å²) in [7, 11) is 3.27. The zero-order valence-electron chi connectivity index (χ0n) is 21.9. The summed E-state index contributed by atoms with van der Waals surface area (Å²) < 4.78 is 0. The van der Waals surface area contributed by atoms with Crippen molar-refractivity contribution in [1.29, 1.82) is 0 Å². The number of hydrogen-bond donors (Lipinski definition) is 4. The first-order valence-corrected chi connectivity index (χ1v) is 13.2. The highest BCUT2D eigenvalue weighted by atomic mass is 16.3. The van der Waals surface area contributed by atoms with E-state index in [1.54, 1.807) is 19.0 Å². The number of phenols is 1. The average molecular weight is 515 g/mol. The lowest BCUT2D eigenvalue weighted by atomic mass is 9.52. The number of fused-ring (bicyclic) bond motifs is 3. The molecule has 0 saturated heterocycles. The molecular weight excluding hydrogens is 476 g/mol. The molecule has 0 radical (unpaired) electrons. The first kappa shape index (κ1) is 27.4. The monoisotopic (exact) mass is 514 g/mol. The molecular formula is C28H38N2O7. The van der Waals surface area contributed by atoms with Crippen LogP contribution in [0.2, 0.25) is 0 Å². The van der Waals surface area contributed by atoms with Crippen LogP contribution in [-0.2, 0) is 27.2 Å². The molecule has 3 unspecified atom stereocenters. The second-order valence-electron chi connectivity index (χ2n) is 11.3. The van der Waals surface area contributed by atoms with Gasteiger partial charge in [-0.25, -0.2) is 0 Å². The average Bonchev–Trinajstić information content (AvgIpc) is 2.82. The molecule has 1 amide bonds. The number of carbonyl (C=O) groups excluding carboxylic acids is 4. The van der Waals surface area contributed by atoms with Crippen LogP contribution >= 0.6 is 0 Å². The maximum atomic E-state index is 13.9. The van der Waals surface area contributed by atoms with E-state index >= 15 is 0 Å². The summed E-state index contributed by atoms with van der Waals surface area (Å²) in [6, 6.07) is 2.40. The largest absolute Gasteiger partial charge is 0.507 e. The van der Waals surface area contributed by atoms with Gasteiger partial charge in [0.1, 0.15) is 11.7 Å². The molecule has 1 aromatic rings. The fourth-order valence-electron chi connectivity index (χ4n) is 7.18. The Morgan fingerprint density at radius 3 is 2.38 bits per heavy atom. The molecule has 9 heteroatoms. The number of phenolic OH excluding ortho intramolecular Hbond substituents is 1. The van der Waals surface area contributed by atoms with Crippen molar-refractivity contribution in [3.8, 4) is 5.75 Å². The minimum atomic E-state index is -2.63. The number of nitrogens with two attached hydrogens (primary N) is 1. The molecule has 3 aliphatic rings. The summed E-state index contributed by atoms with van der Waals surface area (Å²) in [5.41, 5.74) is 4.52. The van der Waals surface area contributed by atoms with Gasteiger partial charge in [0.15, 0.2) is 23.0 Å². The van der Waals surface area contributed by atoms with Crippen molar-refractivity contribution >= 4 is 23.3 Å². The minimum absolute atomic E-state index is 0.0811. The van der Waals surface area contributed by atoms with Gasteiger partial charge in [0.2, 0.25) is 5.91 Å². The van der Waals surface area contributed by atoms with Crippen LogP contribution in [0.5, 0.6) is 5.75 Å². The van der Waals surface area contributed by atoms with Gasteiger partial charge in [-0.3, -0.25) is 19.2 Å². The Bertz CT molecular complexity index is 1130. The Balaban J connectivity index is 1.78. The smallest absolute Gasteiger partial charge is 0.230 e. The summed E-state index contributed by atoms with van der Waals surface area (Å²) in [5, 5.41) is 33.3. The number of hydrogen-bond acceptors (Lipinski definition) is 8. The minimum Gasteiger partial charge on any atom is -0.507 e. The lowest BCUT2D eigenvalue weighted by molar-refractivity contribution is -0.190. The van der Waals surface area contributed by atoms with Gasteiger partial charge in [0, 0.05) is 12.0 Å². The lowest BCUT2D eigenvalue weighted by Gasteiger charge is -2.54. The maximum absolute atomic E-state index is 13.9. The third-order valence-corrected chi connectivity index (χ3v) is 9.25. The quantitative estimate of drug-likeness (QED) is 0.393. The van der Waals surface area contributed by atoms with Crippen LogP contribution < -0.4 is 5.73 Å². The van der Waals surface area contributed by atoms with Gasteiger partial charge in [-0.05, 0) is 68.8 Å². The molecule has 7 atom stereocenters. The first-order chi connectivity index (χ1) is 17.4. The molecule has 0 aromatic heterocycles. The molecule has 9 nitrogen and oxygen atoms in total. The Morgan fingerprint density at radius 1 is 1.16 bits per heavy atom. The number of nitrogens with zero attached hydrogens (tertiary/aromatic N) is 1. The molecule has 5 N–H and O–H groups in total. The van der Waals surface area contributed by atoms with Crippen LogP contribution in [0, 0.1) is 29.6 Å². The number of aliphatic hydroxyl groups is 2. The van der Waals surface area contributed by atoms with Crippen molar-refractivity contribution in [2.75, 3.05) is 14.1 Å². The molecule has 0 heterocycles. The fourth-order valence-corrected chi connectivity index (χ4v) is 7.18. The molecule has 3 aliphatic carbocycles. The van der Waals surface area contributed by atoms with E-state index in [9.17, 15) is 34.5 Å². The van der Waals surface area contributed by atoms with Crippen molar-refractivity contribution in [2.45, 2.75) is 70.1 Å². The summed E-state index contributed by atoms with van der Waals surface area (Å²) in [6.45, 7) is 4.29. The van der Waals surface area contributed by atoms with Crippen LogP contribution in [0.4, 0.5) is 0 Å². The number of rotatable bonds is 7. The third kappa shape index (κ3) is 4.11. The summed E-state index contributed by atoms with van der Waals surface area (Å²) >= 11 is 0. The Morgan fingerprint density at radius 2 is 1.81 bits per heavy atom. The first-order valence-electron chi connectivity index (χ1n) is 13.2. The second kappa shape index (κ2) is 9.93. The molecule has 4 rings (SSSR count). The van der Waals surface area contributed by atoms with Crippen molar-refractivity contribution in [3.05, 3.63) is 28.8 Å². The predicted octanol–water partition coefficient (Wildman–Crippen LogP) is 1.03. The van der Waals surface area contributed by atoms with Crippen LogP contribution in [0.15, 0.2) is 12.1 Å². The Kier molecular flexibility index (Phi) is 7.35. The highest BCUT2D eigenvalue weighted by Gasteiger charge is 2.69. The standard InChI is InChI=1S/C28H38N2O7/c1-5-13(6-2)7-8-14-9-10-18(31)20-16(14)11-15-12-17-22(30(3)4)24(33)21(27(29)36)26(35)28(17,37)25(34)19(15)23(20)32/h9-10,13,15,17,19,21-22,24,31,33,37H,5-8,11-12H2,1-4H3,(H2,29,36)/t15-,17-,19?,21?,22-,24?,28-/m1/s1. The second-order valence-corrected chi connectivity index (χ2v) is 11.3. The molecule has 0 bridgehead atoms. The molecule has 2 saturated carbocycles. The summed E-state index contributed by atoms with van der Waals surface area (Å²) in [6.07, 6.45) is 2.72. The number of Topliss-reactive ketones (excluding diaryl/α,β-unsaturated/α-hetero) is 3. The molecule has 37 heavy (non-hydrogen) atoms. The van der Waals surface area contributed by atoms with Crippen LogP contribution in [-0.4, -0.2) is 75.3 Å². The van der Waals surface area contributed by atoms with Crippen molar-refractivity contribution < 1.29 is 34.5 Å². The van der Waals surface area contributed by atoms with Crippen LogP contribution in [0.25, 0.3) is 0 Å². The lowest BCUT2D eigenvalue weighted by Crippen LogP contribution is -2.75. The SMILES string of the molecule is CCC(CC)CCc1ccc(O)c2c1C[C@@H]1C[C@@H]3[C@@H](N(C)C)C(O)C(C(N)=O)C(=O)[C@]3(O)C(=O)C1C2=O. The third-order valence-electron chi connectivity index (χ3n) is 9.25. The Labute approximate surface area is 217 Å². The summed E-state index contributed by atoms with van der Waals surface area (Å²) in [5.74, 6) is -8.19. The van der Waals surface area contributed by atoms with Gasteiger partial charge in [0.05, 0.1) is 17.6 Å². The van der Waals surface area contributed by atoms with Gasteiger partial charge in [-0.15, -0.1) is 0 Å². The fraction of sp³-hybridized carbons (Fsp3) is 0.643. The van der Waals surface area contributed by atoms with Crippen LogP contribution in [0.1, 0.15) is 61.0 Å². The van der Waals surface area contributed by atoms with Crippen LogP contribution in [0.3, 0.4) is 0 Å². The van der Waals surface area contributed by atoms with E-state index in [0.717, 1.165) is 36.8 Å². The number of primary amides is 1. The van der Waals surface area contributed by atoms with Crippen molar-refractivity contribution in [3.63, 3.8) is 0 Å². The zero-order chi connectivity index (χ0) is 27.4. The predicted molar refractivity (Wildman–Crippen MR) is 135 cm³/mol. The van der Waals surface area contributed by atoms with E-state index in [1.165, 1.54) is 6.07 Å². The van der Waals surface area contributed by atoms with E-state index in [0.29, 0.717) is 12.3 Å². The highest BCUT2D eigenvalue weighted by Crippen LogP contribution is 2.51. The number of likely N-dealkylation sites (N-methyl/N-ethyl adjacent to an activating group) is 1. The maximum Gasteiger partial charge on any atom is 0.230 e. The Hall–Kier alpha value is -2.62. The molecule has 0 aliphatic heterocycles. The highest BCUT2D eigenvalue weighted by molar-refractivity contribution is 6.25. The van der Waals surface area contributed by atoms with Gasteiger partial charge in [0.25, 0.3) is 0 Å². The number of aliphatic hydroxyl groups excluding tert-OH is 1. The van der Waals surface area contributed by atoms with E-state index in [4.69, 9.17) is 5.73 Å². The number of aryl methyl sites for hydroxylation is 1. The van der Waals surface area contributed by atoms with E-state index in [1.807, 2.05) is 6.07 Å². The number of amides is 1. The molecule has 2 fully saturated rings. The zero-order valence-corrected chi connectivity index (χ0v) is 21.9. The van der Waals surface area contributed by atoms with E-state index in [-0.39, 0.29) is 17.7 Å². The molecule has 1 aromatic carbocycles. The molecule has 0 spiro atoms. The normalized spacial score (nSPS) is 33.4. The number of carbonyl (C=O) groups is 4. The molecule has 202 valence electrons. The number of aromatic hydroxyl groups is 1. The van der Waals surface area contributed by atoms with Crippen molar-refractivity contribution in [2.24, 2.45) is 35.3 Å². The van der Waals surface area contributed by atoms with E-state index < -0.39 is 64.7 Å².